The first-order chi connectivity index (χ1) is 9.74. The van der Waals surface area contributed by atoms with Crippen LogP contribution in [0.5, 0.6) is 0 Å². The minimum atomic E-state index is 0.0998. The number of hydrogen-bond donors (Lipinski definition) is 0. The van der Waals surface area contributed by atoms with Crippen LogP contribution >= 0.6 is 0 Å². The SMILES string of the molecule is CC1CCN(C(=O)/C=C/c2cnc3ccccn23)CC1. The zero-order valence-corrected chi connectivity index (χ0v) is 11.7. The van der Waals surface area contributed by atoms with Crippen molar-refractivity contribution in [3.05, 3.63) is 42.4 Å². The maximum atomic E-state index is 12.1. The summed E-state index contributed by atoms with van der Waals surface area (Å²) in [5, 5.41) is 0. The van der Waals surface area contributed by atoms with Gasteiger partial charge in [-0.05, 0) is 37.0 Å². The van der Waals surface area contributed by atoms with Crippen LogP contribution in [0.3, 0.4) is 0 Å². The molecule has 0 spiro atoms. The fourth-order valence-corrected chi connectivity index (χ4v) is 2.57. The largest absolute Gasteiger partial charge is 0.339 e. The Hall–Kier alpha value is -2.10. The Morgan fingerprint density at radius 2 is 2.15 bits per heavy atom. The molecule has 20 heavy (non-hydrogen) atoms. The maximum absolute atomic E-state index is 12.1. The average Bonchev–Trinajstić information content (AvgIpc) is 2.89. The number of imidazole rings is 1. The van der Waals surface area contributed by atoms with Gasteiger partial charge in [-0.1, -0.05) is 13.0 Å². The third-order valence-electron chi connectivity index (χ3n) is 3.94. The van der Waals surface area contributed by atoms with Crippen molar-refractivity contribution < 1.29 is 4.79 Å². The van der Waals surface area contributed by atoms with Gasteiger partial charge < -0.3 is 9.30 Å². The number of nitrogens with zero attached hydrogens (tertiary/aromatic N) is 3. The Morgan fingerprint density at radius 3 is 2.95 bits per heavy atom. The van der Waals surface area contributed by atoms with Gasteiger partial charge in [0, 0.05) is 25.4 Å². The predicted octanol–water partition coefficient (Wildman–Crippen LogP) is 2.61. The van der Waals surface area contributed by atoms with E-state index in [2.05, 4.69) is 11.9 Å². The first-order valence-corrected chi connectivity index (χ1v) is 7.13. The summed E-state index contributed by atoms with van der Waals surface area (Å²) in [5.74, 6) is 0.838. The lowest BCUT2D eigenvalue weighted by molar-refractivity contribution is -0.127. The van der Waals surface area contributed by atoms with E-state index in [0.29, 0.717) is 0 Å². The fraction of sp³-hybridized carbons (Fsp3) is 0.375. The molecule has 3 heterocycles. The lowest BCUT2D eigenvalue weighted by Gasteiger charge is -2.29. The summed E-state index contributed by atoms with van der Waals surface area (Å²) in [6.07, 6.45) is 9.46. The third-order valence-corrected chi connectivity index (χ3v) is 3.94. The molecule has 2 aromatic heterocycles. The summed E-state index contributed by atoms with van der Waals surface area (Å²) < 4.78 is 1.97. The van der Waals surface area contributed by atoms with Gasteiger partial charge in [-0.3, -0.25) is 4.79 Å². The Morgan fingerprint density at radius 1 is 1.35 bits per heavy atom. The van der Waals surface area contributed by atoms with Crippen LogP contribution in [0.15, 0.2) is 36.7 Å². The lowest BCUT2D eigenvalue weighted by atomic mass is 9.99. The van der Waals surface area contributed by atoms with Crippen molar-refractivity contribution in [1.29, 1.82) is 0 Å². The number of aromatic nitrogens is 2. The molecule has 104 valence electrons. The number of likely N-dealkylation sites (tertiary alicyclic amines) is 1. The molecule has 1 amide bonds. The van der Waals surface area contributed by atoms with Gasteiger partial charge in [0.1, 0.15) is 5.65 Å². The fourth-order valence-electron chi connectivity index (χ4n) is 2.57. The topological polar surface area (TPSA) is 37.6 Å². The van der Waals surface area contributed by atoms with Crippen molar-refractivity contribution in [2.45, 2.75) is 19.8 Å². The Labute approximate surface area is 118 Å². The van der Waals surface area contributed by atoms with E-state index in [1.54, 1.807) is 12.3 Å². The smallest absolute Gasteiger partial charge is 0.246 e. The number of piperidine rings is 1. The summed E-state index contributed by atoms with van der Waals surface area (Å²) in [6.45, 7) is 3.99. The molecule has 0 aromatic carbocycles. The van der Waals surface area contributed by atoms with Gasteiger partial charge in [-0.2, -0.15) is 0 Å². The van der Waals surface area contributed by atoms with Gasteiger partial charge in [0.05, 0.1) is 11.9 Å². The zero-order valence-electron chi connectivity index (χ0n) is 11.7. The van der Waals surface area contributed by atoms with Gasteiger partial charge in [-0.25, -0.2) is 4.98 Å². The first kappa shape index (κ1) is 12.9. The summed E-state index contributed by atoms with van der Waals surface area (Å²) in [6, 6.07) is 5.86. The number of hydrogen-bond acceptors (Lipinski definition) is 2. The van der Waals surface area contributed by atoms with Gasteiger partial charge in [0.2, 0.25) is 5.91 Å². The summed E-state index contributed by atoms with van der Waals surface area (Å²) in [4.78, 5) is 18.4. The standard InChI is InChI=1S/C16H19N3O/c1-13-7-10-18(11-8-13)16(20)6-5-14-12-17-15-4-2-3-9-19(14)15/h2-6,9,12-13H,7-8,10-11H2,1H3/b6-5+. The van der Waals surface area contributed by atoms with Crippen LogP contribution in [-0.4, -0.2) is 33.3 Å². The number of carbonyl (C=O) groups excluding carboxylic acids is 1. The lowest BCUT2D eigenvalue weighted by Crippen LogP contribution is -2.36. The number of fused-ring (bicyclic) bond motifs is 1. The molecule has 1 fully saturated rings. The Balaban J connectivity index is 1.72. The van der Waals surface area contributed by atoms with E-state index in [1.165, 1.54) is 0 Å². The second-order valence-corrected chi connectivity index (χ2v) is 5.45. The number of carbonyl (C=O) groups is 1. The molecule has 0 radical (unpaired) electrons. The van der Waals surface area contributed by atoms with Crippen LogP contribution < -0.4 is 0 Å². The molecule has 4 heteroatoms. The highest BCUT2D eigenvalue weighted by molar-refractivity contribution is 5.91. The summed E-state index contributed by atoms with van der Waals surface area (Å²) in [5.41, 5.74) is 1.82. The summed E-state index contributed by atoms with van der Waals surface area (Å²) in [7, 11) is 0. The molecule has 1 aliphatic rings. The van der Waals surface area contributed by atoms with Gasteiger partial charge in [-0.15, -0.1) is 0 Å². The molecular formula is C16H19N3O. The van der Waals surface area contributed by atoms with E-state index in [0.717, 1.165) is 43.2 Å². The minimum absolute atomic E-state index is 0.0998. The molecule has 1 aliphatic heterocycles. The highest BCUT2D eigenvalue weighted by atomic mass is 16.2. The second kappa shape index (κ2) is 5.49. The van der Waals surface area contributed by atoms with Gasteiger partial charge >= 0.3 is 0 Å². The van der Waals surface area contributed by atoms with Crippen LogP contribution in [0.25, 0.3) is 11.7 Å². The highest BCUT2D eigenvalue weighted by Crippen LogP contribution is 2.16. The Bertz CT molecular complexity index is 636. The van der Waals surface area contributed by atoms with Gasteiger partial charge in [0.15, 0.2) is 0 Å². The first-order valence-electron chi connectivity index (χ1n) is 7.13. The molecule has 0 aliphatic carbocycles. The van der Waals surface area contributed by atoms with E-state index >= 15 is 0 Å². The van der Waals surface area contributed by atoms with Crippen molar-refractivity contribution in [2.75, 3.05) is 13.1 Å². The molecule has 0 atom stereocenters. The van der Waals surface area contributed by atoms with Crippen molar-refractivity contribution in [1.82, 2.24) is 14.3 Å². The molecule has 0 N–H and O–H groups in total. The van der Waals surface area contributed by atoms with E-state index in [4.69, 9.17) is 0 Å². The molecule has 4 nitrogen and oxygen atoms in total. The molecule has 3 rings (SSSR count). The normalized spacial score (nSPS) is 17.1. The molecule has 2 aromatic rings. The van der Waals surface area contributed by atoms with Crippen molar-refractivity contribution >= 4 is 17.6 Å². The quantitative estimate of drug-likeness (QED) is 0.786. The van der Waals surface area contributed by atoms with E-state index in [1.807, 2.05) is 39.8 Å². The predicted molar refractivity (Wildman–Crippen MR) is 79.2 cm³/mol. The molecule has 0 saturated carbocycles. The Kier molecular flexibility index (Phi) is 3.54. The number of rotatable bonds is 2. The third kappa shape index (κ3) is 2.59. The molecular weight excluding hydrogens is 250 g/mol. The van der Waals surface area contributed by atoms with Crippen molar-refractivity contribution in [2.24, 2.45) is 5.92 Å². The highest BCUT2D eigenvalue weighted by Gasteiger charge is 2.18. The van der Waals surface area contributed by atoms with Gasteiger partial charge in [0.25, 0.3) is 0 Å². The zero-order chi connectivity index (χ0) is 13.9. The van der Waals surface area contributed by atoms with Crippen LogP contribution in [0.4, 0.5) is 0 Å². The molecule has 1 saturated heterocycles. The van der Waals surface area contributed by atoms with Crippen LogP contribution in [0.2, 0.25) is 0 Å². The van der Waals surface area contributed by atoms with E-state index < -0.39 is 0 Å². The van der Waals surface area contributed by atoms with Crippen molar-refractivity contribution in [3.8, 4) is 0 Å². The monoisotopic (exact) mass is 269 g/mol. The van der Waals surface area contributed by atoms with Crippen LogP contribution in [0, 0.1) is 5.92 Å². The second-order valence-electron chi connectivity index (χ2n) is 5.45. The van der Waals surface area contributed by atoms with Crippen molar-refractivity contribution in [3.63, 3.8) is 0 Å². The number of amides is 1. The number of pyridine rings is 1. The van der Waals surface area contributed by atoms with E-state index in [9.17, 15) is 4.79 Å². The summed E-state index contributed by atoms with van der Waals surface area (Å²) >= 11 is 0. The van der Waals surface area contributed by atoms with Crippen LogP contribution in [-0.2, 0) is 4.79 Å². The van der Waals surface area contributed by atoms with Crippen LogP contribution in [0.1, 0.15) is 25.5 Å². The average molecular weight is 269 g/mol. The minimum Gasteiger partial charge on any atom is -0.339 e. The molecule has 0 unspecified atom stereocenters. The molecule has 0 bridgehead atoms. The van der Waals surface area contributed by atoms with E-state index in [-0.39, 0.29) is 5.91 Å². The maximum Gasteiger partial charge on any atom is 0.246 e.